The van der Waals surface area contributed by atoms with Crippen molar-refractivity contribution in [3.05, 3.63) is 60.2 Å². The van der Waals surface area contributed by atoms with Crippen molar-refractivity contribution in [1.29, 1.82) is 0 Å². The lowest BCUT2D eigenvalue weighted by Gasteiger charge is -2.46. The lowest BCUT2D eigenvalue weighted by Crippen LogP contribution is -2.64. The number of amides is 3. The standard InChI is InChI=1S/C22H26N4O2.C2HF3O2/c1-17-8-10-18(11-9-17)23-21(28)25-13-12-22(15-25)16-26(20(27)14-24(22)2)19-6-4-3-5-7-19;3-2(4,5)1(6)7/h3-11H,12-16H2,1-2H3,(H,23,28);(H,6,7). The molecule has 0 aliphatic carbocycles. The third kappa shape index (κ3) is 6.30. The van der Waals surface area contributed by atoms with Crippen molar-refractivity contribution in [3.8, 4) is 0 Å². The molecule has 3 amide bonds. The largest absolute Gasteiger partial charge is 0.490 e. The highest BCUT2D eigenvalue weighted by atomic mass is 19.4. The molecule has 2 aromatic rings. The van der Waals surface area contributed by atoms with Crippen LogP contribution in [0.15, 0.2) is 54.6 Å². The number of anilines is 2. The molecule has 1 atom stereocenters. The minimum Gasteiger partial charge on any atom is -0.475 e. The summed E-state index contributed by atoms with van der Waals surface area (Å²) in [6, 6.07) is 17.5. The van der Waals surface area contributed by atoms with Crippen LogP contribution in [0.5, 0.6) is 0 Å². The van der Waals surface area contributed by atoms with E-state index in [-0.39, 0.29) is 17.5 Å². The number of alkyl halides is 3. The lowest BCUT2D eigenvalue weighted by atomic mass is 9.92. The molecule has 2 aromatic carbocycles. The van der Waals surface area contributed by atoms with E-state index in [9.17, 15) is 22.8 Å². The fraction of sp³-hybridized carbons (Fsp3) is 0.375. The van der Waals surface area contributed by atoms with Gasteiger partial charge in [0.2, 0.25) is 5.91 Å². The minimum absolute atomic E-state index is 0.0858. The van der Waals surface area contributed by atoms with Crippen LogP contribution in [-0.2, 0) is 9.59 Å². The Balaban J connectivity index is 0.000000429. The van der Waals surface area contributed by atoms with Crippen molar-refractivity contribution < 1.29 is 32.7 Å². The van der Waals surface area contributed by atoms with E-state index in [0.29, 0.717) is 26.2 Å². The molecule has 8 nitrogen and oxygen atoms in total. The van der Waals surface area contributed by atoms with E-state index >= 15 is 0 Å². The van der Waals surface area contributed by atoms with Gasteiger partial charge >= 0.3 is 18.2 Å². The molecule has 2 N–H and O–H groups in total. The van der Waals surface area contributed by atoms with Crippen LogP contribution >= 0.6 is 0 Å². The maximum absolute atomic E-state index is 12.8. The van der Waals surface area contributed by atoms with Crippen LogP contribution in [0.4, 0.5) is 29.3 Å². The summed E-state index contributed by atoms with van der Waals surface area (Å²) in [7, 11) is 1.99. The molecule has 0 bridgehead atoms. The van der Waals surface area contributed by atoms with Crippen molar-refractivity contribution in [1.82, 2.24) is 9.80 Å². The molecule has 2 fully saturated rings. The molecule has 1 unspecified atom stereocenters. The summed E-state index contributed by atoms with van der Waals surface area (Å²) in [6.07, 6.45) is -4.23. The molecule has 2 saturated heterocycles. The first-order valence-electron chi connectivity index (χ1n) is 10.9. The van der Waals surface area contributed by atoms with Crippen LogP contribution in [-0.4, -0.2) is 77.8 Å². The van der Waals surface area contributed by atoms with Gasteiger partial charge in [0.1, 0.15) is 0 Å². The monoisotopic (exact) mass is 492 g/mol. The van der Waals surface area contributed by atoms with Gasteiger partial charge < -0.3 is 20.2 Å². The van der Waals surface area contributed by atoms with E-state index in [2.05, 4.69) is 10.2 Å². The Kier molecular flexibility index (Phi) is 7.69. The zero-order valence-electron chi connectivity index (χ0n) is 19.4. The number of piperazine rings is 1. The van der Waals surface area contributed by atoms with Crippen molar-refractivity contribution in [3.63, 3.8) is 0 Å². The molecule has 2 aliphatic rings. The topological polar surface area (TPSA) is 93.2 Å². The average Bonchev–Trinajstić information content (AvgIpc) is 3.24. The molecular formula is C24H27F3N4O4. The van der Waals surface area contributed by atoms with Gasteiger partial charge in [0.15, 0.2) is 0 Å². The number of nitrogens with one attached hydrogen (secondary N) is 1. The van der Waals surface area contributed by atoms with Crippen LogP contribution in [0, 0.1) is 6.92 Å². The number of hydrogen-bond acceptors (Lipinski definition) is 4. The first-order chi connectivity index (χ1) is 16.4. The quantitative estimate of drug-likeness (QED) is 0.669. The zero-order chi connectivity index (χ0) is 25.8. The number of urea groups is 1. The number of rotatable bonds is 2. The Labute approximate surface area is 200 Å². The molecule has 2 heterocycles. The van der Waals surface area contributed by atoms with Gasteiger partial charge in [-0.25, -0.2) is 9.59 Å². The van der Waals surface area contributed by atoms with Gasteiger partial charge in [-0.3, -0.25) is 9.69 Å². The maximum Gasteiger partial charge on any atom is 0.490 e. The number of carboxylic acids is 1. The van der Waals surface area contributed by atoms with Crippen LogP contribution in [0.3, 0.4) is 0 Å². The second-order valence-corrected chi connectivity index (χ2v) is 8.67. The Hall–Kier alpha value is -3.60. The summed E-state index contributed by atoms with van der Waals surface area (Å²) in [5.74, 6) is -2.66. The summed E-state index contributed by atoms with van der Waals surface area (Å²) < 4.78 is 31.7. The molecule has 0 radical (unpaired) electrons. The van der Waals surface area contributed by atoms with E-state index in [4.69, 9.17) is 9.90 Å². The maximum atomic E-state index is 12.8. The number of para-hydroxylation sites is 1. The van der Waals surface area contributed by atoms with Crippen LogP contribution in [0.25, 0.3) is 0 Å². The molecule has 188 valence electrons. The number of benzene rings is 2. The number of aryl methyl sites for hydroxylation is 1. The number of carboxylic acid groups (broad SMARTS) is 1. The molecule has 11 heteroatoms. The first-order valence-corrected chi connectivity index (χ1v) is 10.9. The van der Waals surface area contributed by atoms with Gasteiger partial charge in [0.25, 0.3) is 0 Å². The number of carbonyl (C=O) groups is 3. The Morgan fingerprint density at radius 2 is 1.63 bits per heavy atom. The Morgan fingerprint density at radius 1 is 1.03 bits per heavy atom. The van der Waals surface area contributed by atoms with Gasteiger partial charge in [0.05, 0.1) is 12.1 Å². The molecule has 2 aliphatic heterocycles. The Bertz CT molecular complexity index is 1060. The molecule has 35 heavy (non-hydrogen) atoms. The zero-order valence-corrected chi connectivity index (χ0v) is 19.4. The van der Waals surface area contributed by atoms with E-state index in [1.54, 1.807) is 0 Å². The third-order valence-corrected chi connectivity index (χ3v) is 6.17. The summed E-state index contributed by atoms with van der Waals surface area (Å²) in [5.41, 5.74) is 2.67. The first kappa shape index (κ1) is 26.0. The van der Waals surface area contributed by atoms with Crippen LogP contribution in [0.1, 0.15) is 12.0 Å². The number of likely N-dealkylation sites (N-methyl/N-ethyl adjacent to an activating group) is 1. The van der Waals surface area contributed by atoms with Gasteiger partial charge in [-0.15, -0.1) is 0 Å². The SMILES string of the molecule is Cc1ccc(NC(=O)N2CCC3(C2)CN(c2ccccc2)C(=O)CN3C)cc1.O=C(O)C(F)(F)F. The third-order valence-electron chi connectivity index (χ3n) is 6.17. The summed E-state index contributed by atoms with van der Waals surface area (Å²) in [5, 5.41) is 10.1. The minimum atomic E-state index is -5.08. The van der Waals surface area contributed by atoms with E-state index in [1.807, 2.05) is 78.4 Å². The van der Waals surface area contributed by atoms with E-state index in [1.165, 1.54) is 0 Å². The highest BCUT2D eigenvalue weighted by molar-refractivity contribution is 5.96. The van der Waals surface area contributed by atoms with E-state index in [0.717, 1.165) is 23.4 Å². The normalized spacial score (nSPS) is 20.4. The summed E-state index contributed by atoms with van der Waals surface area (Å²) in [4.78, 5) is 40.1. The van der Waals surface area contributed by atoms with Gasteiger partial charge in [-0.2, -0.15) is 13.2 Å². The molecular weight excluding hydrogens is 465 g/mol. The Morgan fingerprint density at radius 3 is 2.20 bits per heavy atom. The van der Waals surface area contributed by atoms with Gasteiger partial charge in [-0.1, -0.05) is 35.9 Å². The van der Waals surface area contributed by atoms with E-state index < -0.39 is 12.1 Å². The second-order valence-electron chi connectivity index (χ2n) is 8.67. The molecule has 1 spiro atoms. The molecule has 4 rings (SSSR count). The van der Waals surface area contributed by atoms with Crippen molar-refractivity contribution in [2.24, 2.45) is 0 Å². The second kappa shape index (κ2) is 10.3. The lowest BCUT2D eigenvalue weighted by molar-refractivity contribution is -0.192. The number of aliphatic carboxylic acids is 1. The summed E-state index contributed by atoms with van der Waals surface area (Å²) in [6.45, 7) is 4.27. The predicted molar refractivity (Wildman–Crippen MR) is 124 cm³/mol. The predicted octanol–water partition coefficient (Wildman–Crippen LogP) is 3.58. The van der Waals surface area contributed by atoms with Gasteiger partial charge in [-0.05, 0) is 44.7 Å². The van der Waals surface area contributed by atoms with Crippen molar-refractivity contribution >= 4 is 29.3 Å². The van der Waals surface area contributed by atoms with Crippen LogP contribution in [0.2, 0.25) is 0 Å². The number of carbonyl (C=O) groups excluding carboxylic acids is 2. The highest BCUT2D eigenvalue weighted by Crippen LogP contribution is 2.33. The fourth-order valence-corrected chi connectivity index (χ4v) is 4.11. The van der Waals surface area contributed by atoms with Crippen molar-refractivity contribution in [2.75, 3.05) is 43.4 Å². The van der Waals surface area contributed by atoms with Crippen molar-refractivity contribution in [2.45, 2.75) is 25.1 Å². The summed E-state index contributed by atoms with van der Waals surface area (Å²) >= 11 is 0. The van der Waals surface area contributed by atoms with Gasteiger partial charge in [0, 0.05) is 31.0 Å². The number of nitrogens with zero attached hydrogens (tertiary/aromatic N) is 3. The smallest absolute Gasteiger partial charge is 0.475 e. The fourth-order valence-electron chi connectivity index (χ4n) is 4.11. The van der Waals surface area contributed by atoms with Crippen LogP contribution < -0.4 is 10.2 Å². The molecule has 0 aromatic heterocycles. The highest BCUT2D eigenvalue weighted by Gasteiger charge is 2.48. The number of halogens is 3. The number of hydrogen-bond donors (Lipinski definition) is 2. The molecule has 0 saturated carbocycles. The average molecular weight is 492 g/mol. The number of likely N-dealkylation sites (tertiary alicyclic amines) is 1.